The van der Waals surface area contributed by atoms with Gasteiger partial charge in [0.15, 0.2) is 6.10 Å². The minimum Gasteiger partial charge on any atom is -0.492 e. The normalized spacial score (nSPS) is 14.5. The van der Waals surface area contributed by atoms with Gasteiger partial charge in [-0.15, -0.1) is 0 Å². The zero-order chi connectivity index (χ0) is 28.0. The van der Waals surface area contributed by atoms with Crippen LogP contribution in [0.4, 0.5) is 13.6 Å². The predicted molar refractivity (Wildman–Crippen MR) is 145 cm³/mol. The molecule has 0 radical (unpaired) electrons. The van der Waals surface area contributed by atoms with Gasteiger partial charge in [-0.2, -0.15) is 0 Å². The number of carbonyl (C=O) groups is 2. The Kier molecular flexibility index (Phi) is 12.5. The van der Waals surface area contributed by atoms with Crippen molar-refractivity contribution in [3.05, 3.63) is 65.2 Å². The molecule has 0 heterocycles. The van der Waals surface area contributed by atoms with E-state index in [9.17, 15) is 23.5 Å². The molecule has 0 bridgehead atoms. The van der Waals surface area contributed by atoms with E-state index in [1.54, 1.807) is 36.1 Å². The number of benzene rings is 2. The number of rotatable bonds is 15. The largest absolute Gasteiger partial charge is 0.492 e. The second-order valence-electron chi connectivity index (χ2n) is 10.0. The fraction of sp³-hybridized carbons (Fsp3) is 0.533. The Hall–Kier alpha value is -3.20. The summed E-state index contributed by atoms with van der Waals surface area (Å²) in [5.41, 5.74) is 1.04. The maximum atomic E-state index is 14.0. The second-order valence-corrected chi connectivity index (χ2v) is 10.0. The minimum atomic E-state index is -0.999. The monoisotopic (exact) mass is 546 g/mol. The van der Waals surface area contributed by atoms with Gasteiger partial charge < -0.3 is 24.8 Å². The van der Waals surface area contributed by atoms with E-state index in [2.05, 4.69) is 5.32 Å². The van der Waals surface area contributed by atoms with Crippen LogP contribution < -0.4 is 10.1 Å². The molecule has 0 aliphatic heterocycles. The number of nitrogens with one attached hydrogen (secondary N) is 1. The molecule has 9 heteroatoms. The second kappa shape index (κ2) is 16.0. The van der Waals surface area contributed by atoms with Crippen molar-refractivity contribution in [2.24, 2.45) is 5.92 Å². The molecular formula is C30H40F2N2O5. The summed E-state index contributed by atoms with van der Waals surface area (Å²) < 4.78 is 38.4. The van der Waals surface area contributed by atoms with Crippen molar-refractivity contribution >= 4 is 12.0 Å². The lowest BCUT2D eigenvalue weighted by Gasteiger charge is -2.26. The summed E-state index contributed by atoms with van der Waals surface area (Å²) in [5.74, 6) is -1.04. The van der Waals surface area contributed by atoms with Crippen LogP contribution in [0.5, 0.6) is 5.75 Å². The highest BCUT2D eigenvalue weighted by Gasteiger charge is 2.19. The SMILES string of the molecule is CCOC(Cc1ccc(OCCN(CCCC2CCCCC2)C(=O)NCc2ccc(F)cc2F)cc1)C(=O)O. The van der Waals surface area contributed by atoms with Crippen molar-refractivity contribution in [2.75, 3.05) is 26.3 Å². The van der Waals surface area contributed by atoms with Crippen molar-refractivity contribution in [3.63, 3.8) is 0 Å². The topological polar surface area (TPSA) is 88.1 Å². The number of carboxylic acid groups (broad SMARTS) is 1. The van der Waals surface area contributed by atoms with Gasteiger partial charge in [0.05, 0.1) is 6.54 Å². The predicted octanol–water partition coefficient (Wildman–Crippen LogP) is 5.95. The van der Waals surface area contributed by atoms with Crippen LogP contribution in [0.15, 0.2) is 42.5 Å². The Morgan fingerprint density at radius 2 is 1.82 bits per heavy atom. The first-order valence-electron chi connectivity index (χ1n) is 13.9. The Labute approximate surface area is 229 Å². The van der Waals surface area contributed by atoms with Crippen molar-refractivity contribution < 1.29 is 33.0 Å². The third-order valence-electron chi connectivity index (χ3n) is 7.12. The van der Waals surface area contributed by atoms with E-state index in [-0.39, 0.29) is 31.2 Å². The van der Waals surface area contributed by atoms with E-state index in [0.717, 1.165) is 24.5 Å². The number of hydrogen-bond donors (Lipinski definition) is 2. The molecule has 39 heavy (non-hydrogen) atoms. The quantitative estimate of drug-likeness (QED) is 0.288. The van der Waals surface area contributed by atoms with E-state index < -0.39 is 23.7 Å². The number of ether oxygens (including phenoxy) is 2. The number of carbonyl (C=O) groups excluding carboxylic acids is 1. The van der Waals surface area contributed by atoms with E-state index in [1.807, 2.05) is 0 Å². The molecule has 1 unspecified atom stereocenters. The standard InChI is InChI=1S/C30H40F2N2O5/c1-2-38-28(29(35)36)19-23-10-14-26(15-11-23)39-18-17-34(16-6-9-22-7-4-3-5-8-22)30(37)33-21-24-12-13-25(31)20-27(24)32/h10-15,20,22,28H,2-9,16-19,21H2,1H3,(H,33,37)(H,35,36). The van der Waals surface area contributed by atoms with Crippen LogP contribution >= 0.6 is 0 Å². The average molecular weight is 547 g/mol. The minimum absolute atomic E-state index is 0.0362. The molecule has 0 aromatic heterocycles. The third kappa shape index (κ3) is 10.5. The molecule has 0 spiro atoms. The van der Waals surface area contributed by atoms with Gasteiger partial charge in [-0.25, -0.2) is 18.4 Å². The zero-order valence-electron chi connectivity index (χ0n) is 22.7. The lowest BCUT2D eigenvalue weighted by atomic mass is 9.86. The number of carboxylic acids is 1. The molecular weight excluding hydrogens is 506 g/mol. The number of hydrogen-bond acceptors (Lipinski definition) is 4. The molecule has 2 amide bonds. The molecule has 1 aliphatic carbocycles. The zero-order valence-corrected chi connectivity index (χ0v) is 22.7. The van der Waals surface area contributed by atoms with Crippen LogP contribution in [0, 0.1) is 17.6 Å². The number of halogens is 2. The number of aliphatic carboxylic acids is 1. The lowest BCUT2D eigenvalue weighted by Crippen LogP contribution is -2.42. The summed E-state index contributed by atoms with van der Waals surface area (Å²) in [5, 5.41) is 12.0. The highest BCUT2D eigenvalue weighted by Crippen LogP contribution is 2.27. The van der Waals surface area contributed by atoms with Crippen LogP contribution in [-0.2, 0) is 22.5 Å². The van der Waals surface area contributed by atoms with E-state index >= 15 is 0 Å². The maximum absolute atomic E-state index is 14.0. The van der Waals surface area contributed by atoms with Crippen LogP contribution in [0.1, 0.15) is 63.0 Å². The van der Waals surface area contributed by atoms with Crippen LogP contribution in [0.3, 0.4) is 0 Å². The van der Waals surface area contributed by atoms with E-state index in [0.29, 0.717) is 31.4 Å². The number of nitrogens with zero attached hydrogens (tertiary/aromatic N) is 1. The molecule has 3 rings (SSSR count). The van der Waals surface area contributed by atoms with Crippen LogP contribution in [-0.4, -0.2) is 54.4 Å². The fourth-order valence-corrected chi connectivity index (χ4v) is 4.94. The van der Waals surface area contributed by atoms with E-state index in [1.165, 1.54) is 44.2 Å². The van der Waals surface area contributed by atoms with Gasteiger partial charge in [0.1, 0.15) is 24.0 Å². The molecule has 2 N–H and O–H groups in total. The molecule has 1 fully saturated rings. The van der Waals surface area contributed by atoms with Gasteiger partial charge in [0.25, 0.3) is 0 Å². The van der Waals surface area contributed by atoms with Crippen molar-refractivity contribution in [1.29, 1.82) is 0 Å². The molecule has 214 valence electrons. The van der Waals surface area contributed by atoms with E-state index in [4.69, 9.17) is 9.47 Å². The fourth-order valence-electron chi connectivity index (χ4n) is 4.94. The van der Waals surface area contributed by atoms with Crippen LogP contribution in [0.25, 0.3) is 0 Å². The lowest BCUT2D eigenvalue weighted by molar-refractivity contribution is -0.149. The highest BCUT2D eigenvalue weighted by atomic mass is 19.1. The smallest absolute Gasteiger partial charge is 0.333 e. The summed E-state index contributed by atoms with van der Waals surface area (Å²) in [6.45, 7) is 3.21. The summed E-state index contributed by atoms with van der Waals surface area (Å²) in [6.07, 6.45) is 7.63. The van der Waals surface area contributed by atoms with Gasteiger partial charge >= 0.3 is 12.0 Å². The van der Waals surface area contributed by atoms with Gasteiger partial charge in [-0.3, -0.25) is 0 Å². The molecule has 1 atom stereocenters. The number of amides is 2. The van der Waals surface area contributed by atoms with Crippen molar-refractivity contribution in [1.82, 2.24) is 10.2 Å². The Bertz CT molecular complexity index is 1040. The third-order valence-corrected chi connectivity index (χ3v) is 7.12. The van der Waals surface area contributed by atoms with Gasteiger partial charge in [0, 0.05) is 37.7 Å². The maximum Gasteiger partial charge on any atom is 0.333 e. The van der Waals surface area contributed by atoms with Gasteiger partial charge in [-0.05, 0) is 49.4 Å². The first-order valence-corrected chi connectivity index (χ1v) is 13.9. The molecule has 1 saturated carbocycles. The Balaban J connectivity index is 1.52. The Morgan fingerprint density at radius 3 is 2.49 bits per heavy atom. The Morgan fingerprint density at radius 1 is 1.08 bits per heavy atom. The van der Waals surface area contributed by atoms with Gasteiger partial charge in [0.2, 0.25) is 0 Å². The van der Waals surface area contributed by atoms with Crippen LogP contribution in [0.2, 0.25) is 0 Å². The molecule has 2 aromatic carbocycles. The first kappa shape index (κ1) is 30.3. The first-order chi connectivity index (χ1) is 18.9. The van der Waals surface area contributed by atoms with Crippen molar-refractivity contribution in [2.45, 2.75) is 70.9 Å². The summed E-state index contributed by atoms with van der Waals surface area (Å²) >= 11 is 0. The highest BCUT2D eigenvalue weighted by molar-refractivity contribution is 5.74. The summed E-state index contributed by atoms with van der Waals surface area (Å²) in [6, 6.07) is 10.1. The van der Waals surface area contributed by atoms with Gasteiger partial charge in [-0.1, -0.05) is 50.3 Å². The summed E-state index contributed by atoms with van der Waals surface area (Å²) in [7, 11) is 0. The summed E-state index contributed by atoms with van der Waals surface area (Å²) in [4.78, 5) is 26.0. The molecule has 2 aromatic rings. The molecule has 1 aliphatic rings. The van der Waals surface area contributed by atoms with Crippen molar-refractivity contribution in [3.8, 4) is 5.75 Å². The molecule has 7 nitrogen and oxygen atoms in total. The number of urea groups is 1. The molecule has 0 saturated heterocycles. The average Bonchev–Trinajstić information content (AvgIpc) is 2.92.